The predicted octanol–water partition coefficient (Wildman–Crippen LogP) is 5.01. The number of rotatable bonds is 8. The number of thioether (sulfide) groups is 1. The smallest absolute Gasteiger partial charge is 0.261 e. The average molecular weight is 538 g/mol. The van der Waals surface area contributed by atoms with Gasteiger partial charge in [0.15, 0.2) is 0 Å². The SMILES string of the molecule is CSc1ccc(S(=O)(=O)Nc2ccccc2C(=O)NCc2ccccc2)cc1C(=O)N1CCC(C)CC1. The summed E-state index contributed by atoms with van der Waals surface area (Å²) in [5, 5.41) is 2.83. The van der Waals surface area contributed by atoms with Gasteiger partial charge in [-0.15, -0.1) is 11.8 Å². The van der Waals surface area contributed by atoms with Crippen molar-refractivity contribution in [2.24, 2.45) is 5.92 Å². The van der Waals surface area contributed by atoms with Crippen LogP contribution >= 0.6 is 11.8 Å². The maximum Gasteiger partial charge on any atom is 0.261 e. The van der Waals surface area contributed by atoms with Gasteiger partial charge in [0.1, 0.15) is 0 Å². The molecule has 2 N–H and O–H groups in total. The minimum absolute atomic E-state index is 0.0291. The van der Waals surface area contributed by atoms with Gasteiger partial charge in [0.25, 0.3) is 21.8 Å². The Morgan fingerprint density at radius 1 is 0.946 bits per heavy atom. The molecule has 1 saturated heterocycles. The van der Waals surface area contributed by atoms with E-state index in [4.69, 9.17) is 0 Å². The van der Waals surface area contributed by atoms with E-state index in [0.717, 1.165) is 23.3 Å². The number of piperidine rings is 1. The monoisotopic (exact) mass is 537 g/mol. The molecule has 3 aromatic carbocycles. The zero-order chi connectivity index (χ0) is 26.4. The lowest BCUT2D eigenvalue weighted by Crippen LogP contribution is -2.38. The lowest BCUT2D eigenvalue weighted by Gasteiger charge is -2.30. The van der Waals surface area contributed by atoms with Crippen LogP contribution in [-0.2, 0) is 16.6 Å². The summed E-state index contributed by atoms with van der Waals surface area (Å²) in [4.78, 5) is 28.7. The number of sulfonamides is 1. The Morgan fingerprint density at radius 2 is 1.62 bits per heavy atom. The first-order valence-corrected chi connectivity index (χ1v) is 14.9. The molecule has 1 heterocycles. The molecule has 0 atom stereocenters. The molecular weight excluding hydrogens is 506 g/mol. The molecule has 0 aromatic heterocycles. The fraction of sp³-hybridized carbons (Fsp3) is 0.286. The van der Waals surface area contributed by atoms with Crippen molar-refractivity contribution in [2.75, 3.05) is 24.1 Å². The van der Waals surface area contributed by atoms with Crippen LogP contribution in [0.15, 0.2) is 82.6 Å². The number of anilines is 1. The van der Waals surface area contributed by atoms with Crippen molar-refractivity contribution >= 4 is 39.3 Å². The summed E-state index contributed by atoms with van der Waals surface area (Å²) in [5.74, 6) is 0.0222. The van der Waals surface area contributed by atoms with E-state index in [1.54, 1.807) is 35.2 Å². The van der Waals surface area contributed by atoms with Crippen molar-refractivity contribution in [3.63, 3.8) is 0 Å². The van der Waals surface area contributed by atoms with Gasteiger partial charge in [0, 0.05) is 24.5 Å². The molecule has 0 aliphatic carbocycles. The summed E-state index contributed by atoms with van der Waals surface area (Å²) in [5.41, 5.74) is 1.68. The zero-order valence-corrected chi connectivity index (χ0v) is 22.6. The molecule has 2 amide bonds. The fourth-order valence-electron chi connectivity index (χ4n) is 4.25. The number of amides is 2. The molecule has 3 aromatic rings. The van der Waals surface area contributed by atoms with Gasteiger partial charge in [0.05, 0.1) is 21.7 Å². The Bertz CT molecular complexity index is 1370. The summed E-state index contributed by atoms with van der Waals surface area (Å²) >= 11 is 1.41. The molecule has 0 bridgehead atoms. The van der Waals surface area contributed by atoms with Crippen molar-refractivity contribution < 1.29 is 18.0 Å². The molecule has 7 nitrogen and oxygen atoms in total. The number of likely N-dealkylation sites (tertiary alicyclic amines) is 1. The number of para-hydroxylation sites is 1. The van der Waals surface area contributed by atoms with Crippen molar-refractivity contribution in [3.8, 4) is 0 Å². The van der Waals surface area contributed by atoms with Crippen molar-refractivity contribution in [3.05, 3.63) is 89.5 Å². The number of carbonyl (C=O) groups is 2. The largest absolute Gasteiger partial charge is 0.348 e. The number of hydrogen-bond donors (Lipinski definition) is 2. The summed E-state index contributed by atoms with van der Waals surface area (Å²) in [6.45, 7) is 3.81. The van der Waals surface area contributed by atoms with Gasteiger partial charge in [-0.05, 0) is 60.9 Å². The quantitative estimate of drug-likeness (QED) is 0.394. The third kappa shape index (κ3) is 6.53. The van der Waals surface area contributed by atoms with E-state index in [1.165, 1.54) is 23.9 Å². The Labute approximate surface area is 222 Å². The lowest BCUT2D eigenvalue weighted by atomic mass is 9.98. The molecule has 9 heteroatoms. The van der Waals surface area contributed by atoms with Gasteiger partial charge in [-0.25, -0.2) is 8.42 Å². The zero-order valence-electron chi connectivity index (χ0n) is 20.9. The van der Waals surface area contributed by atoms with E-state index < -0.39 is 15.9 Å². The fourth-order valence-corrected chi connectivity index (χ4v) is 5.93. The molecule has 194 valence electrons. The summed E-state index contributed by atoms with van der Waals surface area (Å²) in [6.07, 6.45) is 3.73. The minimum atomic E-state index is -4.07. The first-order chi connectivity index (χ1) is 17.8. The molecule has 37 heavy (non-hydrogen) atoms. The van der Waals surface area contributed by atoms with Gasteiger partial charge in [-0.3, -0.25) is 14.3 Å². The number of carbonyl (C=O) groups excluding carboxylic acids is 2. The van der Waals surface area contributed by atoms with Crippen LogP contribution in [0.1, 0.15) is 46.0 Å². The Balaban J connectivity index is 1.56. The first kappa shape index (κ1) is 26.8. The van der Waals surface area contributed by atoms with E-state index in [2.05, 4.69) is 17.0 Å². The first-order valence-electron chi connectivity index (χ1n) is 12.2. The normalized spacial score (nSPS) is 14.3. The van der Waals surface area contributed by atoms with Crippen LogP contribution in [0.3, 0.4) is 0 Å². The van der Waals surface area contributed by atoms with Crippen LogP contribution in [0.4, 0.5) is 5.69 Å². The highest BCUT2D eigenvalue weighted by Crippen LogP contribution is 2.28. The van der Waals surface area contributed by atoms with Gasteiger partial charge >= 0.3 is 0 Å². The highest BCUT2D eigenvalue weighted by molar-refractivity contribution is 7.98. The van der Waals surface area contributed by atoms with E-state index in [0.29, 0.717) is 31.1 Å². The minimum Gasteiger partial charge on any atom is -0.348 e. The van der Waals surface area contributed by atoms with Crippen LogP contribution in [0.25, 0.3) is 0 Å². The third-order valence-electron chi connectivity index (χ3n) is 6.49. The molecule has 0 saturated carbocycles. The van der Waals surface area contributed by atoms with Crippen LogP contribution in [0.5, 0.6) is 0 Å². The second-order valence-corrected chi connectivity index (χ2v) is 11.7. The van der Waals surface area contributed by atoms with Crippen LogP contribution in [0, 0.1) is 5.92 Å². The standard InChI is InChI=1S/C28H31N3O4S2/c1-20-14-16-31(17-15-20)28(33)24-18-22(12-13-26(24)36-2)37(34,35)30-25-11-7-6-10-23(25)27(32)29-19-21-8-4-3-5-9-21/h3-13,18,20,30H,14-17,19H2,1-2H3,(H,29,32). The Kier molecular flexibility index (Phi) is 8.56. The van der Waals surface area contributed by atoms with Crippen LogP contribution < -0.4 is 10.0 Å². The van der Waals surface area contributed by atoms with Crippen LogP contribution in [0.2, 0.25) is 0 Å². The predicted molar refractivity (Wildman–Crippen MR) is 147 cm³/mol. The highest BCUT2D eigenvalue weighted by atomic mass is 32.2. The van der Waals surface area contributed by atoms with E-state index in [9.17, 15) is 18.0 Å². The van der Waals surface area contributed by atoms with E-state index in [-0.39, 0.29) is 22.1 Å². The Morgan fingerprint density at radius 3 is 2.32 bits per heavy atom. The topological polar surface area (TPSA) is 95.6 Å². The number of nitrogens with one attached hydrogen (secondary N) is 2. The van der Waals surface area contributed by atoms with E-state index >= 15 is 0 Å². The molecule has 1 aliphatic rings. The van der Waals surface area contributed by atoms with Crippen molar-refractivity contribution in [1.29, 1.82) is 0 Å². The second kappa shape index (κ2) is 11.8. The lowest BCUT2D eigenvalue weighted by molar-refractivity contribution is 0.0693. The van der Waals surface area contributed by atoms with Gasteiger partial charge in [-0.2, -0.15) is 0 Å². The third-order valence-corrected chi connectivity index (χ3v) is 8.65. The molecule has 0 radical (unpaired) electrons. The molecular formula is C28H31N3O4S2. The van der Waals surface area contributed by atoms with Crippen LogP contribution in [-0.4, -0.2) is 44.5 Å². The number of nitrogens with zero attached hydrogens (tertiary/aromatic N) is 1. The highest BCUT2D eigenvalue weighted by Gasteiger charge is 2.26. The van der Waals surface area contributed by atoms with E-state index in [1.807, 2.05) is 36.6 Å². The molecule has 1 fully saturated rings. The number of hydrogen-bond acceptors (Lipinski definition) is 5. The molecule has 1 aliphatic heterocycles. The number of benzene rings is 3. The van der Waals surface area contributed by atoms with Gasteiger partial charge in [0.2, 0.25) is 0 Å². The average Bonchev–Trinajstić information content (AvgIpc) is 2.92. The maximum absolute atomic E-state index is 13.4. The second-order valence-electron chi connectivity index (χ2n) is 9.16. The Hall–Kier alpha value is -3.30. The van der Waals surface area contributed by atoms with Gasteiger partial charge < -0.3 is 10.2 Å². The summed E-state index contributed by atoms with van der Waals surface area (Å²) in [6, 6.07) is 20.5. The molecule has 0 unspecified atom stereocenters. The maximum atomic E-state index is 13.4. The van der Waals surface area contributed by atoms with Crippen molar-refractivity contribution in [2.45, 2.75) is 36.1 Å². The van der Waals surface area contributed by atoms with Gasteiger partial charge in [-0.1, -0.05) is 49.4 Å². The summed E-state index contributed by atoms with van der Waals surface area (Å²) in [7, 11) is -4.07. The van der Waals surface area contributed by atoms with Crippen molar-refractivity contribution in [1.82, 2.24) is 10.2 Å². The molecule has 0 spiro atoms. The molecule has 4 rings (SSSR count). The summed E-state index contributed by atoms with van der Waals surface area (Å²) < 4.78 is 29.3.